The first-order valence-electron chi connectivity index (χ1n) is 14.9. The Balaban J connectivity index is 0.00000325. The number of nitrogens with zero attached hydrogens (tertiary/aromatic N) is 4. The number of piperazine rings is 1. The minimum atomic E-state index is -0.675. The number of rotatable bonds is 2. The van der Waals surface area contributed by atoms with Gasteiger partial charge in [0.2, 0.25) is 6.79 Å². The molecule has 0 aliphatic carbocycles. The molecule has 8 rings (SSSR count). The maximum Gasteiger partial charge on any atom is 0.261 e. The summed E-state index contributed by atoms with van der Waals surface area (Å²) in [5.74, 6) is 0.455. The average Bonchev–Trinajstić information content (AvgIpc) is 3.59. The van der Waals surface area contributed by atoms with Crippen molar-refractivity contribution in [2.24, 2.45) is 0 Å². The molecule has 2 bridgehead atoms. The Morgan fingerprint density at radius 1 is 0.933 bits per heavy atom. The van der Waals surface area contributed by atoms with E-state index in [1.165, 1.54) is 4.90 Å². The molecule has 3 aromatic rings. The number of carbonyl (C=O) groups excluding carboxylic acids is 2. The van der Waals surface area contributed by atoms with E-state index in [0.717, 1.165) is 22.3 Å². The molecule has 10 nitrogen and oxygen atoms in total. The van der Waals surface area contributed by atoms with Gasteiger partial charge in [-0.3, -0.25) is 24.3 Å². The number of carbonyl (C=O) groups is 2. The van der Waals surface area contributed by atoms with Crippen molar-refractivity contribution >= 4 is 11.8 Å². The second-order valence-electron chi connectivity index (χ2n) is 12.6. The van der Waals surface area contributed by atoms with Crippen molar-refractivity contribution < 1.29 is 73.3 Å². The molecule has 5 aliphatic rings. The van der Waals surface area contributed by atoms with Crippen LogP contribution in [0.25, 0.3) is 0 Å². The van der Waals surface area contributed by atoms with Gasteiger partial charge in [0.1, 0.15) is 17.5 Å². The van der Waals surface area contributed by atoms with Gasteiger partial charge in [0.15, 0.2) is 11.5 Å². The number of aromatic hydroxyl groups is 2. The van der Waals surface area contributed by atoms with Gasteiger partial charge in [0.05, 0.1) is 29.3 Å². The van der Waals surface area contributed by atoms with E-state index in [4.69, 9.17) is 9.47 Å². The molecular formula is C34H32AcN4O6. The summed E-state index contributed by atoms with van der Waals surface area (Å²) in [7, 11) is 1.99. The topological polar surface area (TPSA) is 127 Å². The zero-order chi connectivity index (χ0) is 30.8. The van der Waals surface area contributed by atoms with Crippen LogP contribution in [0.1, 0.15) is 71.7 Å². The molecule has 5 atom stereocenters. The molecule has 1 saturated heterocycles. The molecule has 5 heterocycles. The third-order valence-corrected chi connectivity index (χ3v) is 10.7. The second-order valence-corrected chi connectivity index (χ2v) is 12.6. The fourth-order valence-corrected chi connectivity index (χ4v) is 8.46. The number of amides is 2. The van der Waals surface area contributed by atoms with Crippen LogP contribution in [0.2, 0.25) is 0 Å². The van der Waals surface area contributed by atoms with E-state index in [9.17, 15) is 25.1 Å². The Bertz CT molecular complexity index is 1840. The van der Waals surface area contributed by atoms with Crippen LogP contribution in [0.3, 0.4) is 0 Å². The number of benzene rings is 3. The number of phenolic OH excluding ortho intramolecular Hbond substituents is 2. The fourth-order valence-electron chi connectivity index (χ4n) is 8.46. The van der Waals surface area contributed by atoms with Gasteiger partial charge in [-0.15, -0.1) is 0 Å². The Morgan fingerprint density at radius 2 is 1.60 bits per heavy atom. The predicted octanol–water partition coefficient (Wildman–Crippen LogP) is 3.82. The average molecular weight is 820 g/mol. The maximum atomic E-state index is 13.7. The van der Waals surface area contributed by atoms with Crippen LogP contribution in [0.4, 0.5) is 0 Å². The summed E-state index contributed by atoms with van der Waals surface area (Å²) in [6.07, 6.45) is 0.922. The number of nitriles is 1. The Hall–Kier alpha value is -3.15. The van der Waals surface area contributed by atoms with Gasteiger partial charge in [-0.2, -0.15) is 5.26 Å². The predicted molar refractivity (Wildman–Crippen MR) is 158 cm³/mol. The number of likely N-dealkylation sites (N-methyl/N-ethyl adjacent to an activating group) is 1. The monoisotopic (exact) mass is 819 g/mol. The summed E-state index contributed by atoms with van der Waals surface area (Å²) in [5, 5.41) is 34.0. The van der Waals surface area contributed by atoms with Crippen LogP contribution in [0.5, 0.6) is 23.0 Å². The largest absolute Gasteiger partial charge is 0.507 e. The van der Waals surface area contributed by atoms with Gasteiger partial charge in [0.25, 0.3) is 11.8 Å². The van der Waals surface area contributed by atoms with Crippen molar-refractivity contribution in [3.8, 4) is 29.1 Å². The van der Waals surface area contributed by atoms with Crippen LogP contribution >= 0.6 is 0 Å². The number of ether oxygens (including phenoxy) is 2. The smallest absolute Gasteiger partial charge is 0.261 e. The van der Waals surface area contributed by atoms with Crippen LogP contribution < -0.4 is 9.47 Å². The van der Waals surface area contributed by atoms with Crippen molar-refractivity contribution in [1.29, 1.82) is 5.26 Å². The SMILES string of the molecule is Cc1cc2c(c(O)c1C)[C@@H]1C3Cc4c(O)c(C)c5c(c4[C@H](CN4C(=O)c6ccccc6C4=O)N3C(C#N)[C@@H](C2)N1C)OCO5.[Ac]. The molecule has 3 aromatic carbocycles. The van der Waals surface area contributed by atoms with Crippen LogP contribution in [-0.2, 0) is 12.8 Å². The van der Waals surface area contributed by atoms with Gasteiger partial charge in [-0.05, 0) is 69.5 Å². The zero-order valence-electron chi connectivity index (χ0n) is 25.5. The molecule has 227 valence electrons. The summed E-state index contributed by atoms with van der Waals surface area (Å²) >= 11 is 0. The van der Waals surface area contributed by atoms with Crippen LogP contribution in [-0.4, -0.2) is 75.2 Å². The summed E-state index contributed by atoms with van der Waals surface area (Å²) in [6, 6.07) is 9.28. The minimum Gasteiger partial charge on any atom is -0.507 e. The molecule has 2 amide bonds. The number of hydrogen-bond donors (Lipinski definition) is 2. The number of aryl methyl sites for hydroxylation is 1. The molecule has 5 aliphatic heterocycles. The Morgan fingerprint density at radius 3 is 2.27 bits per heavy atom. The van der Waals surface area contributed by atoms with E-state index in [2.05, 4.69) is 21.9 Å². The molecule has 0 aromatic heterocycles. The number of fused-ring (bicyclic) bond motifs is 10. The van der Waals surface area contributed by atoms with Gasteiger partial charge in [-0.25, -0.2) is 0 Å². The van der Waals surface area contributed by atoms with Gasteiger partial charge < -0.3 is 19.7 Å². The Kier molecular flexibility index (Phi) is 7.26. The Labute approximate surface area is 296 Å². The maximum absolute atomic E-state index is 13.7. The number of imide groups is 1. The van der Waals surface area contributed by atoms with E-state index >= 15 is 0 Å². The van der Waals surface area contributed by atoms with E-state index in [-0.39, 0.29) is 87.0 Å². The summed E-state index contributed by atoms with van der Waals surface area (Å²) in [6.45, 7) is 5.61. The number of phenols is 2. The van der Waals surface area contributed by atoms with Crippen molar-refractivity contribution in [2.45, 2.75) is 63.8 Å². The fraction of sp³-hybridized carbons (Fsp3) is 0.382. The first kappa shape index (κ1) is 30.5. The molecule has 1 radical (unpaired) electrons. The summed E-state index contributed by atoms with van der Waals surface area (Å²) in [5.41, 5.74) is 6.19. The molecule has 11 heteroatoms. The quantitative estimate of drug-likeness (QED) is 0.372. The normalized spacial score (nSPS) is 26.0. The zero-order valence-corrected chi connectivity index (χ0v) is 30.2. The van der Waals surface area contributed by atoms with Gasteiger partial charge in [-0.1, -0.05) is 18.2 Å². The number of hydrogen-bond acceptors (Lipinski definition) is 9. The van der Waals surface area contributed by atoms with Crippen molar-refractivity contribution in [3.63, 3.8) is 0 Å². The standard InChI is InChI=1S/C34H32N4O6.Ac/c1-15-9-18-10-22-24(12-35)38-23(28(36(22)4)26(18)30(40)16(15)2)11-21-27(32-31(43-14-44-32)17(3)29(21)39)25(38)13-37-33(41)19-7-5-6-8-20(19)34(37)42;/h5-9,22-25,28,39-40H,10-11,13-14H2,1-4H3;/t22-,23?,24?,25+,28+;/m1./s1. The molecule has 2 unspecified atom stereocenters. The van der Waals surface area contributed by atoms with E-state index in [1.54, 1.807) is 31.2 Å². The van der Waals surface area contributed by atoms with E-state index in [1.807, 2.05) is 20.9 Å². The molecule has 0 saturated carbocycles. The van der Waals surface area contributed by atoms with Gasteiger partial charge in [0, 0.05) is 84.9 Å². The van der Waals surface area contributed by atoms with E-state index < -0.39 is 23.9 Å². The summed E-state index contributed by atoms with van der Waals surface area (Å²) < 4.78 is 11.8. The molecule has 45 heavy (non-hydrogen) atoms. The van der Waals surface area contributed by atoms with Crippen molar-refractivity contribution in [1.82, 2.24) is 14.7 Å². The first-order chi connectivity index (χ1) is 21.1. The first-order valence-corrected chi connectivity index (χ1v) is 14.9. The third-order valence-electron chi connectivity index (χ3n) is 10.7. The molecule has 0 spiro atoms. The van der Waals surface area contributed by atoms with Gasteiger partial charge >= 0.3 is 0 Å². The second kappa shape index (κ2) is 10.7. The molecular weight excluding hydrogens is 787 g/mol. The van der Waals surface area contributed by atoms with Crippen molar-refractivity contribution in [2.75, 3.05) is 20.4 Å². The molecule has 1 fully saturated rings. The third kappa shape index (κ3) is 4.02. The summed E-state index contributed by atoms with van der Waals surface area (Å²) in [4.78, 5) is 32.9. The molecule has 2 N–H and O–H groups in total. The van der Waals surface area contributed by atoms with Crippen LogP contribution in [0, 0.1) is 76.2 Å². The van der Waals surface area contributed by atoms with Crippen LogP contribution in [0.15, 0.2) is 30.3 Å². The van der Waals surface area contributed by atoms with Crippen molar-refractivity contribution in [3.05, 3.63) is 80.4 Å². The van der Waals surface area contributed by atoms with E-state index in [0.29, 0.717) is 52.2 Å². The minimum absolute atomic E-state index is 0.